The zero-order valence-electron chi connectivity index (χ0n) is 15.5. The second-order valence-corrected chi connectivity index (χ2v) is 7.24. The Morgan fingerprint density at radius 1 is 1.12 bits per heavy atom. The highest BCUT2D eigenvalue weighted by molar-refractivity contribution is 5.84. The van der Waals surface area contributed by atoms with Gasteiger partial charge in [0.05, 0.1) is 18.1 Å². The van der Waals surface area contributed by atoms with E-state index in [1.54, 1.807) is 6.92 Å². The molecule has 0 radical (unpaired) electrons. The lowest BCUT2D eigenvalue weighted by molar-refractivity contribution is -0.187. The second kappa shape index (κ2) is 8.00. The lowest BCUT2D eigenvalue weighted by Crippen LogP contribution is -2.48. The fourth-order valence-electron chi connectivity index (χ4n) is 3.21. The number of hydrogen-bond donors (Lipinski definition) is 1. The summed E-state index contributed by atoms with van der Waals surface area (Å²) in [6.45, 7) is 7.64. The molecule has 1 atom stereocenters. The third-order valence-electron chi connectivity index (χ3n) is 4.82. The molecule has 0 spiro atoms. The number of carboxylic acids is 1. The normalized spacial score (nSPS) is 24.8. The Labute approximate surface area is 149 Å². The van der Waals surface area contributed by atoms with E-state index >= 15 is 0 Å². The first-order valence-corrected chi connectivity index (χ1v) is 8.92. The number of carbonyl (C=O) groups excluding carboxylic acids is 1. The number of rotatable bonds is 6. The average molecular weight is 348 g/mol. The van der Waals surface area contributed by atoms with Gasteiger partial charge in [-0.3, -0.25) is 4.79 Å². The maximum absolute atomic E-state index is 12.5. The van der Waals surface area contributed by atoms with Gasteiger partial charge in [0, 0.05) is 12.8 Å². The molecule has 0 aromatic heterocycles. The van der Waals surface area contributed by atoms with Gasteiger partial charge < -0.3 is 14.6 Å². The first-order valence-electron chi connectivity index (χ1n) is 8.92. The summed E-state index contributed by atoms with van der Waals surface area (Å²) in [5.74, 6) is -2.06. The van der Waals surface area contributed by atoms with Gasteiger partial charge in [-0.15, -0.1) is 0 Å². The van der Waals surface area contributed by atoms with Crippen molar-refractivity contribution >= 4 is 11.9 Å². The molecule has 5 heteroatoms. The monoisotopic (exact) mass is 348 g/mol. The van der Waals surface area contributed by atoms with Gasteiger partial charge in [-0.05, 0) is 46.1 Å². The smallest absolute Gasteiger partial charge is 0.348 e. The topological polar surface area (TPSA) is 72.8 Å². The van der Waals surface area contributed by atoms with E-state index in [2.05, 4.69) is 0 Å². The number of ether oxygens (including phenoxy) is 2. The number of carboxylic acid groups (broad SMARTS) is 1. The Kier molecular flexibility index (Phi) is 6.22. The predicted octanol–water partition coefficient (Wildman–Crippen LogP) is 3.83. The maximum Gasteiger partial charge on any atom is 0.348 e. The van der Waals surface area contributed by atoms with Crippen LogP contribution in [0, 0.1) is 6.92 Å². The minimum absolute atomic E-state index is 0.0284. The van der Waals surface area contributed by atoms with E-state index in [0.29, 0.717) is 12.8 Å². The van der Waals surface area contributed by atoms with E-state index in [1.165, 1.54) is 0 Å². The summed E-state index contributed by atoms with van der Waals surface area (Å²) in [4.78, 5) is 24.4. The minimum Gasteiger partial charge on any atom is -0.478 e. The third kappa shape index (κ3) is 4.82. The van der Waals surface area contributed by atoms with Gasteiger partial charge in [0.25, 0.3) is 0 Å². The molecule has 1 aromatic carbocycles. The minimum atomic E-state index is -1.44. The fourth-order valence-corrected chi connectivity index (χ4v) is 3.21. The lowest BCUT2D eigenvalue weighted by atomic mass is 9.82. The Morgan fingerprint density at radius 3 is 2.16 bits per heavy atom. The van der Waals surface area contributed by atoms with E-state index in [-0.39, 0.29) is 25.0 Å². The standard InChI is InChI=1S/C20H28O5/c1-13(2)24-17-9-11-20(12-10-17,19(22)23)25-18(21)15(4)16-7-5-14(3)6-8-16/h5-8,13,15,17H,9-12H2,1-4H3,(H,22,23). The quantitative estimate of drug-likeness (QED) is 0.791. The van der Waals surface area contributed by atoms with E-state index in [9.17, 15) is 14.7 Å². The molecule has 0 amide bonds. The van der Waals surface area contributed by atoms with Gasteiger partial charge in [0.2, 0.25) is 5.60 Å². The molecule has 1 fully saturated rings. The largest absolute Gasteiger partial charge is 0.478 e. The molecular formula is C20H28O5. The number of aliphatic carboxylic acids is 1. The van der Waals surface area contributed by atoms with Crippen LogP contribution >= 0.6 is 0 Å². The number of aryl methyl sites for hydroxylation is 1. The Balaban J connectivity index is 2.05. The molecule has 0 bridgehead atoms. The van der Waals surface area contributed by atoms with Crippen LogP contribution in [-0.2, 0) is 19.1 Å². The zero-order valence-corrected chi connectivity index (χ0v) is 15.5. The van der Waals surface area contributed by atoms with Crippen LogP contribution in [0.2, 0.25) is 0 Å². The van der Waals surface area contributed by atoms with Gasteiger partial charge >= 0.3 is 11.9 Å². The van der Waals surface area contributed by atoms with Crippen molar-refractivity contribution < 1.29 is 24.2 Å². The lowest BCUT2D eigenvalue weighted by Gasteiger charge is -2.37. The molecule has 0 heterocycles. The summed E-state index contributed by atoms with van der Waals surface area (Å²) in [7, 11) is 0. The second-order valence-electron chi connectivity index (χ2n) is 7.24. The first-order chi connectivity index (χ1) is 11.7. The summed E-state index contributed by atoms with van der Waals surface area (Å²) in [6, 6.07) is 7.62. The highest BCUT2D eigenvalue weighted by Gasteiger charge is 2.46. The van der Waals surface area contributed by atoms with Gasteiger partial charge in [-0.1, -0.05) is 29.8 Å². The van der Waals surface area contributed by atoms with Gasteiger partial charge in [-0.25, -0.2) is 4.79 Å². The molecule has 25 heavy (non-hydrogen) atoms. The van der Waals surface area contributed by atoms with Crippen molar-refractivity contribution in [1.82, 2.24) is 0 Å². The van der Waals surface area contributed by atoms with Crippen molar-refractivity contribution in [2.75, 3.05) is 0 Å². The van der Waals surface area contributed by atoms with Crippen LogP contribution in [0.15, 0.2) is 24.3 Å². The number of esters is 1. The molecule has 2 rings (SSSR count). The molecule has 1 aliphatic carbocycles. The number of hydrogen-bond acceptors (Lipinski definition) is 4. The molecular weight excluding hydrogens is 320 g/mol. The van der Waals surface area contributed by atoms with E-state index in [1.807, 2.05) is 45.0 Å². The highest BCUT2D eigenvalue weighted by Crippen LogP contribution is 2.35. The Bertz CT molecular complexity index is 597. The van der Waals surface area contributed by atoms with Crippen LogP contribution in [0.4, 0.5) is 0 Å². The number of carbonyl (C=O) groups is 2. The van der Waals surface area contributed by atoms with Crippen molar-refractivity contribution in [3.05, 3.63) is 35.4 Å². The van der Waals surface area contributed by atoms with Crippen LogP contribution in [0.25, 0.3) is 0 Å². The molecule has 1 unspecified atom stereocenters. The van der Waals surface area contributed by atoms with Crippen LogP contribution in [0.5, 0.6) is 0 Å². The van der Waals surface area contributed by atoms with Gasteiger partial charge in [0.1, 0.15) is 0 Å². The molecule has 138 valence electrons. The third-order valence-corrected chi connectivity index (χ3v) is 4.82. The van der Waals surface area contributed by atoms with E-state index in [4.69, 9.17) is 9.47 Å². The van der Waals surface area contributed by atoms with Crippen LogP contribution in [0.1, 0.15) is 63.5 Å². The van der Waals surface area contributed by atoms with Crippen LogP contribution < -0.4 is 0 Å². The molecule has 0 saturated heterocycles. The average Bonchev–Trinajstić information content (AvgIpc) is 2.56. The van der Waals surface area contributed by atoms with Crippen molar-refractivity contribution in [3.8, 4) is 0 Å². The SMILES string of the molecule is Cc1ccc(C(C)C(=O)OC2(C(=O)O)CCC(OC(C)C)CC2)cc1. The molecule has 1 saturated carbocycles. The maximum atomic E-state index is 12.5. The fraction of sp³-hybridized carbons (Fsp3) is 0.600. The van der Waals surface area contributed by atoms with Gasteiger partial charge in [0.15, 0.2) is 0 Å². The van der Waals surface area contributed by atoms with Crippen LogP contribution in [-0.4, -0.2) is 34.9 Å². The highest BCUT2D eigenvalue weighted by atomic mass is 16.6. The summed E-state index contributed by atoms with van der Waals surface area (Å²) in [6.07, 6.45) is 1.86. The Hall–Kier alpha value is -1.88. The van der Waals surface area contributed by atoms with Crippen molar-refractivity contribution in [2.45, 2.75) is 77.1 Å². The zero-order chi connectivity index (χ0) is 18.6. The van der Waals surface area contributed by atoms with E-state index < -0.39 is 23.5 Å². The van der Waals surface area contributed by atoms with Crippen molar-refractivity contribution in [2.24, 2.45) is 0 Å². The molecule has 1 N–H and O–H groups in total. The summed E-state index contributed by atoms with van der Waals surface area (Å²) in [5, 5.41) is 9.68. The Morgan fingerprint density at radius 2 is 1.68 bits per heavy atom. The molecule has 0 aliphatic heterocycles. The molecule has 1 aromatic rings. The first kappa shape index (κ1) is 19.4. The van der Waals surface area contributed by atoms with Crippen LogP contribution in [0.3, 0.4) is 0 Å². The summed E-state index contributed by atoms with van der Waals surface area (Å²) < 4.78 is 11.3. The summed E-state index contributed by atoms with van der Waals surface area (Å²) in [5.41, 5.74) is 0.495. The molecule has 5 nitrogen and oxygen atoms in total. The predicted molar refractivity (Wildman–Crippen MR) is 94.5 cm³/mol. The summed E-state index contributed by atoms with van der Waals surface area (Å²) >= 11 is 0. The van der Waals surface area contributed by atoms with Gasteiger partial charge in [-0.2, -0.15) is 0 Å². The van der Waals surface area contributed by atoms with Crippen molar-refractivity contribution in [3.63, 3.8) is 0 Å². The van der Waals surface area contributed by atoms with E-state index in [0.717, 1.165) is 11.1 Å². The molecule has 1 aliphatic rings. The van der Waals surface area contributed by atoms with Crippen molar-refractivity contribution in [1.29, 1.82) is 0 Å². The number of benzene rings is 1.